The molecule has 0 radical (unpaired) electrons. The first-order valence-electron chi connectivity index (χ1n) is 8.04. The summed E-state index contributed by atoms with van der Waals surface area (Å²) in [7, 11) is -2.21. The SMILES string of the molecule is CN(c1ccc(C(=O)N2CCCC2)c(Cl)c1)S(=O)(=O)c1ccccc1. The van der Waals surface area contributed by atoms with Crippen LogP contribution < -0.4 is 4.31 Å². The summed E-state index contributed by atoms with van der Waals surface area (Å²) in [5.74, 6) is -0.109. The molecule has 7 heteroatoms. The molecule has 1 saturated heterocycles. The Morgan fingerprint density at radius 3 is 2.32 bits per heavy atom. The third kappa shape index (κ3) is 3.50. The summed E-state index contributed by atoms with van der Waals surface area (Å²) in [4.78, 5) is 14.4. The number of likely N-dealkylation sites (tertiary alicyclic amines) is 1. The summed E-state index contributed by atoms with van der Waals surface area (Å²) in [6.45, 7) is 1.47. The molecule has 5 nitrogen and oxygen atoms in total. The Balaban J connectivity index is 1.88. The highest BCUT2D eigenvalue weighted by molar-refractivity contribution is 7.92. The second-order valence-electron chi connectivity index (χ2n) is 5.95. The van der Waals surface area contributed by atoms with Crippen molar-refractivity contribution < 1.29 is 13.2 Å². The Hall–Kier alpha value is -2.05. The predicted octanol–water partition coefficient (Wildman–Crippen LogP) is 3.40. The Morgan fingerprint density at radius 1 is 1.08 bits per heavy atom. The van der Waals surface area contributed by atoms with E-state index in [2.05, 4.69) is 0 Å². The zero-order chi connectivity index (χ0) is 18.0. The lowest BCUT2D eigenvalue weighted by atomic mass is 10.2. The first kappa shape index (κ1) is 17.8. The van der Waals surface area contributed by atoms with Crippen LogP contribution in [0.1, 0.15) is 23.2 Å². The van der Waals surface area contributed by atoms with Gasteiger partial charge in [-0.05, 0) is 43.2 Å². The van der Waals surface area contributed by atoms with Gasteiger partial charge in [-0.25, -0.2) is 8.42 Å². The molecule has 0 atom stereocenters. The van der Waals surface area contributed by atoms with Crippen molar-refractivity contribution in [2.75, 3.05) is 24.4 Å². The molecule has 1 aliphatic rings. The van der Waals surface area contributed by atoms with Crippen LogP contribution in [0.4, 0.5) is 5.69 Å². The highest BCUT2D eigenvalue weighted by atomic mass is 35.5. The van der Waals surface area contributed by atoms with Gasteiger partial charge in [-0.2, -0.15) is 0 Å². The molecule has 0 spiro atoms. The predicted molar refractivity (Wildman–Crippen MR) is 98.6 cm³/mol. The molecule has 25 heavy (non-hydrogen) atoms. The van der Waals surface area contributed by atoms with Crippen molar-refractivity contribution in [1.82, 2.24) is 4.90 Å². The van der Waals surface area contributed by atoms with Crippen molar-refractivity contribution in [2.24, 2.45) is 0 Å². The number of nitrogens with zero attached hydrogens (tertiary/aromatic N) is 2. The molecular weight excluding hydrogens is 360 g/mol. The van der Waals surface area contributed by atoms with E-state index in [1.54, 1.807) is 47.4 Å². The van der Waals surface area contributed by atoms with Gasteiger partial charge >= 0.3 is 0 Å². The van der Waals surface area contributed by atoms with Gasteiger partial charge in [0.25, 0.3) is 15.9 Å². The Morgan fingerprint density at radius 2 is 1.72 bits per heavy atom. The molecule has 0 N–H and O–H groups in total. The summed E-state index contributed by atoms with van der Waals surface area (Å²) in [5, 5.41) is 0.254. The molecule has 0 unspecified atom stereocenters. The largest absolute Gasteiger partial charge is 0.339 e. The lowest BCUT2D eigenvalue weighted by Gasteiger charge is -2.21. The summed E-state index contributed by atoms with van der Waals surface area (Å²) >= 11 is 6.27. The minimum Gasteiger partial charge on any atom is -0.339 e. The minimum absolute atomic E-state index is 0.109. The zero-order valence-electron chi connectivity index (χ0n) is 13.9. The Kier molecular flexibility index (Phi) is 5.01. The third-order valence-corrected chi connectivity index (χ3v) is 6.45. The number of anilines is 1. The third-order valence-electron chi connectivity index (χ3n) is 4.34. The smallest absolute Gasteiger partial charge is 0.264 e. The quantitative estimate of drug-likeness (QED) is 0.819. The zero-order valence-corrected chi connectivity index (χ0v) is 15.4. The monoisotopic (exact) mass is 378 g/mol. The maximum absolute atomic E-state index is 12.7. The van der Waals surface area contributed by atoms with Crippen molar-refractivity contribution in [1.29, 1.82) is 0 Å². The van der Waals surface area contributed by atoms with Crippen LogP contribution in [-0.4, -0.2) is 39.4 Å². The number of carbonyl (C=O) groups excluding carboxylic acids is 1. The van der Waals surface area contributed by atoms with Gasteiger partial charge in [0.1, 0.15) is 0 Å². The lowest BCUT2D eigenvalue weighted by molar-refractivity contribution is 0.0793. The van der Waals surface area contributed by atoms with Crippen molar-refractivity contribution in [3.63, 3.8) is 0 Å². The molecule has 0 saturated carbocycles. The van der Waals surface area contributed by atoms with Gasteiger partial charge in [0, 0.05) is 20.1 Å². The number of amides is 1. The van der Waals surface area contributed by atoms with Crippen LogP contribution in [-0.2, 0) is 10.0 Å². The van der Waals surface area contributed by atoms with Gasteiger partial charge in [0.2, 0.25) is 0 Å². The molecule has 1 aliphatic heterocycles. The van der Waals surface area contributed by atoms with Gasteiger partial charge in [-0.3, -0.25) is 9.10 Å². The van der Waals surface area contributed by atoms with Crippen LogP contribution in [0.2, 0.25) is 5.02 Å². The molecule has 132 valence electrons. The number of benzene rings is 2. The van der Waals surface area contributed by atoms with Crippen molar-refractivity contribution >= 4 is 33.2 Å². The molecule has 0 aromatic heterocycles. The number of sulfonamides is 1. The summed E-state index contributed by atoms with van der Waals surface area (Å²) in [5.41, 5.74) is 0.810. The summed E-state index contributed by atoms with van der Waals surface area (Å²) in [6.07, 6.45) is 2.00. The molecule has 1 heterocycles. The van der Waals surface area contributed by atoms with Crippen molar-refractivity contribution in [2.45, 2.75) is 17.7 Å². The molecule has 1 amide bonds. The van der Waals surface area contributed by atoms with Gasteiger partial charge in [0.15, 0.2) is 0 Å². The molecule has 1 fully saturated rings. The van der Waals surface area contributed by atoms with E-state index in [1.807, 2.05) is 0 Å². The Labute approximate surface area is 152 Å². The highest BCUT2D eigenvalue weighted by Gasteiger charge is 2.24. The highest BCUT2D eigenvalue weighted by Crippen LogP contribution is 2.28. The topological polar surface area (TPSA) is 57.7 Å². The fourth-order valence-electron chi connectivity index (χ4n) is 2.85. The number of hydrogen-bond donors (Lipinski definition) is 0. The maximum Gasteiger partial charge on any atom is 0.264 e. The van der Waals surface area contributed by atoms with Gasteiger partial charge in [-0.1, -0.05) is 29.8 Å². The van der Waals surface area contributed by atoms with E-state index in [4.69, 9.17) is 11.6 Å². The van der Waals surface area contributed by atoms with E-state index in [-0.39, 0.29) is 15.8 Å². The number of hydrogen-bond acceptors (Lipinski definition) is 3. The van der Waals surface area contributed by atoms with Crippen LogP contribution in [0.5, 0.6) is 0 Å². The van der Waals surface area contributed by atoms with Crippen molar-refractivity contribution in [3.8, 4) is 0 Å². The lowest BCUT2D eigenvalue weighted by Crippen LogP contribution is -2.28. The minimum atomic E-state index is -3.68. The standard InChI is InChI=1S/C18H19ClN2O3S/c1-20(25(23,24)15-7-3-2-4-8-15)14-9-10-16(17(19)13-14)18(22)21-11-5-6-12-21/h2-4,7-10,13H,5-6,11-12H2,1H3. The number of rotatable bonds is 4. The number of carbonyl (C=O) groups is 1. The van der Waals surface area contributed by atoms with Gasteiger partial charge < -0.3 is 4.90 Å². The van der Waals surface area contributed by atoms with Crippen LogP contribution in [0.15, 0.2) is 53.4 Å². The molecule has 0 bridgehead atoms. The second kappa shape index (κ2) is 7.06. The van der Waals surface area contributed by atoms with Crippen molar-refractivity contribution in [3.05, 3.63) is 59.1 Å². The van der Waals surface area contributed by atoms with Gasteiger partial charge in [-0.15, -0.1) is 0 Å². The molecule has 0 aliphatic carbocycles. The van der Waals surface area contributed by atoms with E-state index in [0.29, 0.717) is 11.3 Å². The van der Waals surface area contributed by atoms with Crippen LogP contribution in [0.25, 0.3) is 0 Å². The first-order valence-corrected chi connectivity index (χ1v) is 9.86. The normalized spacial score (nSPS) is 14.6. The molecule has 2 aromatic rings. The van der Waals surface area contributed by atoms with Crippen LogP contribution >= 0.6 is 11.6 Å². The maximum atomic E-state index is 12.7. The molecular formula is C18H19ClN2O3S. The van der Waals surface area contributed by atoms with E-state index in [0.717, 1.165) is 25.9 Å². The van der Waals surface area contributed by atoms with Gasteiger partial charge in [0.05, 0.1) is 21.2 Å². The number of halogens is 1. The average Bonchev–Trinajstić information content (AvgIpc) is 3.16. The summed E-state index contributed by atoms with van der Waals surface area (Å²) < 4.78 is 26.5. The second-order valence-corrected chi connectivity index (χ2v) is 8.33. The average molecular weight is 379 g/mol. The fraction of sp³-hybridized carbons (Fsp3) is 0.278. The summed E-state index contributed by atoms with van der Waals surface area (Å²) in [6, 6.07) is 12.9. The van der Waals surface area contributed by atoms with E-state index in [9.17, 15) is 13.2 Å². The molecule has 3 rings (SSSR count). The van der Waals surface area contributed by atoms with Crippen LogP contribution in [0.3, 0.4) is 0 Å². The Bertz CT molecular complexity index is 878. The van der Waals surface area contributed by atoms with E-state index in [1.165, 1.54) is 17.4 Å². The van der Waals surface area contributed by atoms with Crippen LogP contribution in [0, 0.1) is 0 Å². The fourth-order valence-corrected chi connectivity index (χ4v) is 4.32. The first-order chi connectivity index (χ1) is 11.9. The van der Waals surface area contributed by atoms with E-state index < -0.39 is 10.0 Å². The van der Waals surface area contributed by atoms with E-state index >= 15 is 0 Å². The molecule has 2 aromatic carbocycles.